The fourth-order valence-corrected chi connectivity index (χ4v) is 15.7. The van der Waals surface area contributed by atoms with E-state index in [1.54, 1.807) is 0 Å². The molecule has 0 N–H and O–H groups in total. The highest BCUT2D eigenvalue weighted by atomic mass is 15.3. The molecule has 2 fully saturated rings. The van der Waals surface area contributed by atoms with Crippen molar-refractivity contribution in [2.75, 3.05) is 19.6 Å². The summed E-state index contributed by atoms with van der Waals surface area (Å²) in [4.78, 5) is 10.9. The number of para-hydroxylation sites is 2. The number of rotatable bonds is 4. The molecule has 75 heavy (non-hydrogen) atoms. The molecule has 382 valence electrons. The van der Waals surface area contributed by atoms with Crippen LogP contribution in [0.1, 0.15) is 169 Å². The minimum absolute atomic E-state index is 0.00959. The molecule has 4 heterocycles. The summed E-state index contributed by atoms with van der Waals surface area (Å²) in [6, 6.07) is 58.3. The molecule has 0 amide bonds. The van der Waals surface area contributed by atoms with Gasteiger partial charge >= 0.3 is 0 Å². The maximum Gasteiger partial charge on any atom is 0.252 e. The van der Waals surface area contributed by atoms with Gasteiger partial charge in [0.2, 0.25) is 0 Å². The normalized spacial score (nSPS) is 24.5. The van der Waals surface area contributed by atoms with Gasteiger partial charge in [-0.1, -0.05) is 181 Å². The van der Waals surface area contributed by atoms with Crippen LogP contribution in [0.2, 0.25) is 0 Å². The molecule has 0 bridgehead atoms. The highest BCUT2D eigenvalue weighted by Gasteiger charge is 2.59. The number of fused-ring (bicyclic) bond motifs is 10. The summed E-state index contributed by atoms with van der Waals surface area (Å²) in [5.41, 5.74) is 23.8. The largest absolute Gasteiger partial charge is 0.334 e. The number of nitrogens with zero attached hydrogens (tertiary/aromatic N) is 4. The van der Waals surface area contributed by atoms with Crippen LogP contribution in [0.5, 0.6) is 0 Å². The second kappa shape index (κ2) is 16.2. The first-order valence-corrected chi connectivity index (χ1v) is 28.6. The average molecular weight is 987 g/mol. The lowest BCUT2D eigenvalue weighted by Crippen LogP contribution is -2.62. The van der Waals surface area contributed by atoms with Crippen molar-refractivity contribution in [2.24, 2.45) is 0 Å². The van der Waals surface area contributed by atoms with E-state index in [0.29, 0.717) is 0 Å². The van der Waals surface area contributed by atoms with Crippen LogP contribution in [0.4, 0.5) is 56.9 Å². The summed E-state index contributed by atoms with van der Waals surface area (Å²) in [7, 11) is 0. The zero-order chi connectivity index (χ0) is 52.4. The minimum atomic E-state index is -0.118. The highest BCUT2D eigenvalue weighted by Crippen LogP contribution is 2.63. The van der Waals surface area contributed by atoms with Crippen LogP contribution < -0.4 is 36.0 Å². The van der Waals surface area contributed by atoms with Gasteiger partial charge in [0.15, 0.2) is 0 Å². The van der Waals surface area contributed by atoms with Gasteiger partial charge in [0.25, 0.3) is 6.71 Å². The number of hydrogen-bond donors (Lipinski definition) is 0. The topological polar surface area (TPSA) is 13.0 Å². The van der Waals surface area contributed by atoms with E-state index in [9.17, 15) is 0 Å². The van der Waals surface area contributed by atoms with Crippen molar-refractivity contribution in [1.29, 1.82) is 0 Å². The molecule has 2 saturated carbocycles. The molecule has 13 rings (SSSR count). The first-order valence-electron chi connectivity index (χ1n) is 28.6. The molecule has 4 aliphatic heterocycles. The molecule has 0 aromatic heterocycles. The van der Waals surface area contributed by atoms with Gasteiger partial charge in [-0.25, -0.2) is 0 Å². The van der Waals surface area contributed by atoms with Gasteiger partial charge in [0.05, 0.1) is 11.1 Å². The van der Waals surface area contributed by atoms with Crippen LogP contribution in [0.3, 0.4) is 0 Å². The van der Waals surface area contributed by atoms with Crippen LogP contribution in [0.25, 0.3) is 0 Å². The van der Waals surface area contributed by atoms with Gasteiger partial charge in [0, 0.05) is 67.7 Å². The van der Waals surface area contributed by atoms with Crippen molar-refractivity contribution in [1.82, 2.24) is 0 Å². The summed E-state index contributed by atoms with van der Waals surface area (Å²) in [5.74, 6) is 0. The molecule has 0 radical (unpaired) electrons. The van der Waals surface area contributed by atoms with Gasteiger partial charge in [-0.05, 0) is 167 Å². The van der Waals surface area contributed by atoms with Crippen molar-refractivity contribution in [3.8, 4) is 0 Å². The Morgan fingerprint density at radius 3 is 1.27 bits per heavy atom. The zero-order valence-electron chi connectivity index (χ0n) is 47.4. The van der Waals surface area contributed by atoms with Gasteiger partial charge in [-0.2, -0.15) is 0 Å². The molecule has 4 atom stereocenters. The van der Waals surface area contributed by atoms with Gasteiger partial charge in [0.1, 0.15) is 0 Å². The quantitative estimate of drug-likeness (QED) is 0.163. The number of benzene rings is 7. The smallest absolute Gasteiger partial charge is 0.252 e. The Balaban J connectivity index is 1.14. The predicted molar refractivity (Wildman–Crippen MR) is 322 cm³/mol. The fourth-order valence-electron chi connectivity index (χ4n) is 15.7. The minimum Gasteiger partial charge on any atom is -0.334 e. The van der Waals surface area contributed by atoms with Gasteiger partial charge in [-0.15, -0.1) is 0 Å². The molecule has 6 aliphatic rings. The average Bonchev–Trinajstić information content (AvgIpc) is 3.76. The second-order valence-electron chi connectivity index (χ2n) is 27.7. The van der Waals surface area contributed by atoms with Crippen LogP contribution >= 0.6 is 0 Å². The SMILES string of the molecule is CC(C)(C)c1ccc(N2c3ccc(C(C)(C)C)cc3B3c4ccc(N5c6ccccc6C6(C)CCCCC56C)cc4N(c4ccc(C(C)(C)C)cc4)c4cc(N5c6ccccc6C6(C)CCCCC56C)cc2c43)cc1. The third-order valence-electron chi connectivity index (χ3n) is 20.4. The molecule has 2 aliphatic carbocycles. The molecule has 0 saturated heterocycles. The molecule has 4 unspecified atom stereocenters. The van der Waals surface area contributed by atoms with E-state index in [0.717, 1.165) is 12.8 Å². The Morgan fingerprint density at radius 2 is 0.773 bits per heavy atom. The standard InChI is InChI=1S/C70H79BN4/c1-64(2,3)46-26-31-49(32-27-46)72-59-37-30-48(66(7,8)9)42-56(59)71-55-36-35-51(74-57-24-16-14-22-53(57)67(10)38-18-20-40-69(67,74)12)43-60(55)73(50-33-28-47(29-34-50)65(4,5)6)62-45-52(44-61(72)63(62)71)75-58-25-17-15-23-54(58)68(11)39-19-21-41-70(68,75)13/h14-17,22-37,42-45H,18-21,38-41H2,1-13H3. The summed E-state index contributed by atoms with van der Waals surface area (Å²) >= 11 is 0. The van der Waals surface area contributed by atoms with E-state index in [2.05, 4.69) is 255 Å². The lowest BCUT2D eigenvalue weighted by atomic mass is 9.33. The van der Waals surface area contributed by atoms with Crippen LogP contribution in [0, 0.1) is 0 Å². The fraction of sp³-hybridized carbons (Fsp3) is 0.400. The monoisotopic (exact) mass is 987 g/mol. The Labute approximate surface area is 450 Å². The lowest BCUT2D eigenvalue weighted by molar-refractivity contribution is 0.195. The molecule has 7 aromatic rings. The molecule has 5 heteroatoms. The Hall–Kier alpha value is -6.20. The second-order valence-corrected chi connectivity index (χ2v) is 27.7. The van der Waals surface area contributed by atoms with Crippen molar-refractivity contribution < 1.29 is 0 Å². The van der Waals surface area contributed by atoms with E-state index in [-0.39, 0.29) is 44.9 Å². The summed E-state index contributed by atoms with van der Waals surface area (Å²) in [6.07, 6.45) is 9.70. The number of hydrogen-bond acceptors (Lipinski definition) is 4. The van der Waals surface area contributed by atoms with Crippen molar-refractivity contribution in [3.05, 3.63) is 173 Å². The Morgan fingerprint density at radius 1 is 0.360 bits per heavy atom. The van der Waals surface area contributed by atoms with Crippen molar-refractivity contribution >= 4 is 80.0 Å². The van der Waals surface area contributed by atoms with Crippen LogP contribution in [0.15, 0.2) is 146 Å². The summed E-state index contributed by atoms with van der Waals surface area (Å²) in [5, 5.41) is 0. The van der Waals surface area contributed by atoms with Gasteiger partial charge in [-0.3, -0.25) is 0 Å². The summed E-state index contributed by atoms with van der Waals surface area (Å²) < 4.78 is 0. The van der Waals surface area contributed by atoms with E-state index in [1.165, 1.54) is 140 Å². The maximum atomic E-state index is 2.81. The molecular formula is C70H79BN4. The third kappa shape index (κ3) is 6.80. The Bertz CT molecular complexity index is 3440. The zero-order valence-corrected chi connectivity index (χ0v) is 47.4. The number of anilines is 10. The van der Waals surface area contributed by atoms with Gasteiger partial charge < -0.3 is 19.6 Å². The van der Waals surface area contributed by atoms with Crippen molar-refractivity contribution in [2.45, 2.75) is 180 Å². The predicted octanol–water partition coefficient (Wildman–Crippen LogP) is 17.1. The highest BCUT2D eigenvalue weighted by molar-refractivity contribution is 7.00. The molecule has 0 spiro atoms. The van der Waals surface area contributed by atoms with Crippen LogP contribution in [-0.4, -0.2) is 17.8 Å². The molecule has 4 nitrogen and oxygen atoms in total. The molecular weight excluding hydrogens is 908 g/mol. The maximum absolute atomic E-state index is 2.81. The first kappa shape index (κ1) is 48.4. The first-order chi connectivity index (χ1) is 35.6. The van der Waals surface area contributed by atoms with Crippen LogP contribution in [-0.2, 0) is 27.1 Å². The lowest BCUT2D eigenvalue weighted by Gasteiger charge is -2.51. The van der Waals surface area contributed by atoms with E-state index in [1.807, 2.05) is 0 Å². The summed E-state index contributed by atoms with van der Waals surface area (Å²) in [6.45, 7) is 31.4. The third-order valence-corrected chi connectivity index (χ3v) is 20.4. The molecule has 7 aromatic carbocycles. The van der Waals surface area contributed by atoms with E-state index < -0.39 is 0 Å². The van der Waals surface area contributed by atoms with E-state index >= 15 is 0 Å². The van der Waals surface area contributed by atoms with Crippen molar-refractivity contribution in [3.63, 3.8) is 0 Å². The van der Waals surface area contributed by atoms with E-state index in [4.69, 9.17) is 0 Å². The Kier molecular flexibility index (Phi) is 10.4.